The van der Waals surface area contributed by atoms with Crippen LogP contribution in [0.25, 0.3) is 23.3 Å². The van der Waals surface area contributed by atoms with Crippen molar-refractivity contribution in [3.8, 4) is 11.1 Å². The Bertz CT molecular complexity index is 1980. The number of amides is 1. The first kappa shape index (κ1) is 27.7. The normalized spacial score (nSPS) is 20.0. The lowest BCUT2D eigenvalue weighted by molar-refractivity contribution is -0.126. The molecule has 1 N–H and O–H groups in total. The Labute approximate surface area is 254 Å². The minimum atomic E-state index is -1.06. The maximum Gasteiger partial charge on any atom is 0.254 e. The van der Waals surface area contributed by atoms with Gasteiger partial charge in [-0.15, -0.1) is 0 Å². The number of fused-ring (bicyclic) bond motifs is 6. The maximum atomic E-state index is 14.2. The molecule has 1 aliphatic heterocycles. The van der Waals surface area contributed by atoms with Crippen molar-refractivity contribution in [2.75, 3.05) is 29.6 Å². The van der Waals surface area contributed by atoms with E-state index in [2.05, 4.69) is 25.3 Å². The average Bonchev–Trinajstić information content (AvgIpc) is 3.67. The number of aromatic nitrogens is 4. The van der Waals surface area contributed by atoms with E-state index in [-0.39, 0.29) is 29.4 Å². The first-order valence-corrected chi connectivity index (χ1v) is 14.9. The number of nitrogens with zero attached hydrogens (tertiary/aromatic N) is 6. The molecule has 0 saturated heterocycles. The minimum Gasteiger partial charge on any atom is -0.350 e. The third-order valence-electron chi connectivity index (χ3n) is 9.06. The van der Waals surface area contributed by atoms with Crippen molar-refractivity contribution < 1.29 is 14.4 Å². The van der Waals surface area contributed by atoms with Crippen LogP contribution in [0.2, 0.25) is 0 Å². The second kappa shape index (κ2) is 10.3. The molecule has 44 heavy (non-hydrogen) atoms. The lowest BCUT2D eigenvalue weighted by Crippen LogP contribution is -2.59. The molecule has 0 spiro atoms. The monoisotopic (exact) mass is 587 g/mol. The number of hydrogen-bond donors (Lipinski definition) is 1. The lowest BCUT2D eigenvalue weighted by Gasteiger charge is -2.42. The topological polar surface area (TPSA) is 113 Å². The molecule has 10 heteroatoms. The summed E-state index contributed by atoms with van der Waals surface area (Å²) < 4.78 is 1.75. The fraction of sp³-hybridized carbons (Fsp3) is 0.294. The Morgan fingerprint density at radius 3 is 2.64 bits per heavy atom. The molecule has 3 aliphatic rings. The first-order chi connectivity index (χ1) is 21.2. The Kier molecular flexibility index (Phi) is 6.46. The van der Waals surface area contributed by atoms with E-state index in [0.29, 0.717) is 36.7 Å². The number of rotatable bonds is 6. The summed E-state index contributed by atoms with van der Waals surface area (Å²) in [6, 6.07) is 11.9. The van der Waals surface area contributed by atoms with Crippen LogP contribution in [-0.4, -0.2) is 57.0 Å². The summed E-state index contributed by atoms with van der Waals surface area (Å²) in [7, 11) is 0. The van der Waals surface area contributed by atoms with Crippen molar-refractivity contribution in [3.05, 3.63) is 88.4 Å². The largest absolute Gasteiger partial charge is 0.350 e. The van der Waals surface area contributed by atoms with Crippen molar-refractivity contribution in [2.24, 2.45) is 5.92 Å². The zero-order valence-corrected chi connectivity index (χ0v) is 25.1. The molecule has 2 atom stereocenters. The number of carbonyl (C=O) groups is 3. The second-order valence-corrected chi connectivity index (χ2v) is 12.1. The van der Waals surface area contributed by atoms with E-state index in [0.717, 1.165) is 32.8 Å². The van der Waals surface area contributed by atoms with Crippen LogP contribution in [0.5, 0.6) is 0 Å². The van der Waals surface area contributed by atoms with Crippen LogP contribution in [0.1, 0.15) is 60.0 Å². The van der Waals surface area contributed by atoms with Gasteiger partial charge in [0.2, 0.25) is 0 Å². The number of ketones is 2. The standard InChI is InChI=1S/C34H33N7O3/c1-20(2)41-17-22(15-38-41)33(44)36-11-12-39-19-40(32-29(39)16-35-18-37-32)34(4)28-10-9-24-23-7-5-6-8-25(23)30(42)14-26(24)27(28)13-21(3)31(34)43/h5-10,13-18,20-21H,11-12,19H2,1-4H3,(H,36,44). The SMILES string of the molecule is CC1C=c2c(ccc3c2=CC(=O)c2ccccc2-3)C(C)(N2CN(CCNC(=O)c3cnn(C(C)C)c3)c3cncnc32)C1=O. The summed E-state index contributed by atoms with van der Waals surface area (Å²) in [6.45, 7) is 9.12. The number of hydrogen-bond acceptors (Lipinski definition) is 8. The fourth-order valence-electron chi connectivity index (χ4n) is 6.70. The van der Waals surface area contributed by atoms with Crippen LogP contribution in [0.4, 0.5) is 11.5 Å². The predicted octanol–water partition coefficient (Wildman–Crippen LogP) is 2.83. The van der Waals surface area contributed by atoms with Gasteiger partial charge in [0.1, 0.15) is 17.6 Å². The molecule has 0 saturated carbocycles. The van der Waals surface area contributed by atoms with Crippen molar-refractivity contribution >= 4 is 41.1 Å². The summed E-state index contributed by atoms with van der Waals surface area (Å²) in [6.07, 6.45) is 10.3. The molecule has 0 bridgehead atoms. The van der Waals surface area contributed by atoms with Crippen LogP contribution in [0, 0.1) is 5.92 Å². The van der Waals surface area contributed by atoms with E-state index in [1.54, 1.807) is 29.3 Å². The van der Waals surface area contributed by atoms with Gasteiger partial charge in [-0.2, -0.15) is 5.10 Å². The van der Waals surface area contributed by atoms with Crippen LogP contribution < -0.4 is 25.6 Å². The smallest absolute Gasteiger partial charge is 0.254 e. The van der Waals surface area contributed by atoms with Crippen LogP contribution in [-0.2, 0) is 10.3 Å². The molecule has 2 unspecified atom stereocenters. The highest BCUT2D eigenvalue weighted by Gasteiger charge is 2.49. The molecule has 4 aromatic rings. The van der Waals surface area contributed by atoms with Gasteiger partial charge in [0.05, 0.1) is 24.6 Å². The summed E-state index contributed by atoms with van der Waals surface area (Å²) in [5.41, 5.74) is 3.66. The highest BCUT2D eigenvalue weighted by molar-refractivity contribution is 6.22. The number of benzene rings is 2. The summed E-state index contributed by atoms with van der Waals surface area (Å²) >= 11 is 0. The zero-order chi connectivity index (χ0) is 30.7. The van der Waals surface area contributed by atoms with E-state index >= 15 is 0 Å². The van der Waals surface area contributed by atoms with E-state index in [4.69, 9.17) is 0 Å². The molecular formula is C34H33N7O3. The van der Waals surface area contributed by atoms with E-state index in [9.17, 15) is 14.4 Å². The lowest BCUT2D eigenvalue weighted by atomic mass is 9.73. The van der Waals surface area contributed by atoms with Crippen LogP contribution in [0.15, 0.2) is 61.3 Å². The molecule has 2 aromatic heterocycles. The van der Waals surface area contributed by atoms with Gasteiger partial charge in [0.15, 0.2) is 17.4 Å². The van der Waals surface area contributed by atoms with Crippen LogP contribution >= 0.6 is 0 Å². The van der Waals surface area contributed by atoms with Crippen molar-refractivity contribution in [3.63, 3.8) is 0 Å². The van der Waals surface area contributed by atoms with E-state index in [1.165, 1.54) is 6.33 Å². The molecular weight excluding hydrogens is 554 g/mol. The van der Waals surface area contributed by atoms with Gasteiger partial charge in [-0.1, -0.05) is 49.4 Å². The molecule has 7 rings (SSSR count). The molecule has 10 nitrogen and oxygen atoms in total. The van der Waals surface area contributed by atoms with Gasteiger partial charge < -0.3 is 15.1 Å². The maximum absolute atomic E-state index is 14.2. The third-order valence-corrected chi connectivity index (χ3v) is 9.06. The average molecular weight is 588 g/mol. The molecule has 2 aliphatic carbocycles. The number of nitrogens with one attached hydrogen (secondary N) is 1. The van der Waals surface area contributed by atoms with Crippen molar-refractivity contribution in [2.45, 2.75) is 39.3 Å². The predicted molar refractivity (Wildman–Crippen MR) is 168 cm³/mol. The Morgan fingerprint density at radius 1 is 1.07 bits per heavy atom. The van der Waals surface area contributed by atoms with Gasteiger partial charge in [0.25, 0.3) is 5.91 Å². The van der Waals surface area contributed by atoms with Gasteiger partial charge in [0, 0.05) is 36.8 Å². The first-order valence-electron chi connectivity index (χ1n) is 14.9. The Morgan fingerprint density at radius 2 is 1.86 bits per heavy atom. The fourth-order valence-corrected chi connectivity index (χ4v) is 6.70. The number of Topliss-reactive ketones (excluding diaryl/α,β-unsaturated/α-hetero) is 2. The van der Waals surface area contributed by atoms with Gasteiger partial charge in [-0.3, -0.25) is 19.1 Å². The quantitative estimate of drug-likeness (QED) is 0.367. The second-order valence-electron chi connectivity index (χ2n) is 12.1. The van der Waals surface area contributed by atoms with Gasteiger partial charge in [-0.25, -0.2) is 9.97 Å². The van der Waals surface area contributed by atoms with Gasteiger partial charge in [-0.05, 0) is 54.0 Å². The molecule has 0 fully saturated rings. The molecule has 3 heterocycles. The molecule has 0 radical (unpaired) electrons. The Hall–Kier alpha value is -5.12. The molecule has 222 valence electrons. The summed E-state index contributed by atoms with van der Waals surface area (Å²) in [5.74, 6) is 0.0931. The van der Waals surface area contributed by atoms with E-state index < -0.39 is 5.54 Å². The summed E-state index contributed by atoms with van der Waals surface area (Å²) in [4.78, 5) is 53.2. The molecule has 1 amide bonds. The third kappa shape index (κ3) is 4.16. The Balaban J connectivity index is 1.22. The van der Waals surface area contributed by atoms with Crippen LogP contribution in [0.3, 0.4) is 0 Å². The minimum absolute atomic E-state index is 0.0369. The van der Waals surface area contributed by atoms with Gasteiger partial charge >= 0.3 is 0 Å². The highest BCUT2D eigenvalue weighted by Crippen LogP contribution is 2.43. The zero-order valence-electron chi connectivity index (χ0n) is 25.1. The highest BCUT2D eigenvalue weighted by atomic mass is 16.2. The number of carbonyl (C=O) groups excluding carboxylic acids is 3. The summed E-state index contributed by atoms with van der Waals surface area (Å²) in [5, 5.41) is 9.00. The van der Waals surface area contributed by atoms with E-state index in [1.807, 2.05) is 75.1 Å². The molecule has 2 aromatic carbocycles. The van der Waals surface area contributed by atoms with Crippen molar-refractivity contribution in [1.29, 1.82) is 0 Å². The van der Waals surface area contributed by atoms with Crippen molar-refractivity contribution in [1.82, 2.24) is 25.1 Å². The number of anilines is 2.